The Bertz CT molecular complexity index is 903. The highest BCUT2D eigenvalue weighted by Crippen LogP contribution is 2.32. The van der Waals surface area contributed by atoms with Crippen molar-refractivity contribution < 1.29 is 18.3 Å². The predicted octanol–water partition coefficient (Wildman–Crippen LogP) is 1.53. The largest absolute Gasteiger partial charge is 0.478 e. The van der Waals surface area contributed by atoms with Gasteiger partial charge in [-0.15, -0.1) is 0 Å². The van der Waals surface area contributed by atoms with E-state index >= 15 is 0 Å². The molecule has 25 heavy (non-hydrogen) atoms. The molecule has 1 saturated carbocycles. The minimum absolute atomic E-state index is 0.0816. The summed E-state index contributed by atoms with van der Waals surface area (Å²) in [5.74, 6) is 0.440. The number of carboxylic acids is 1. The van der Waals surface area contributed by atoms with Crippen molar-refractivity contribution in [2.75, 3.05) is 6.26 Å². The van der Waals surface area contributed by atoms with Gasteiger partial charge in [0, 0.05) is 6.42 Å². The normalized spacial score (nSPS) is 15.9. The fourth-order valence-corrected chi connectivity index (χ4v) is 3.45. The van der Waals surface area contributed by atoms with Crippen LogP contribution in [0.3, 0.4) is 0 Å². The van der Waals surface area contributed by atoms with E-state index in [1.54, 1.807) is 25.1 Å². The molecule has 134 valence electrons. The minimum Gasteiger partial charge on any atom is -0.478 e. The van der Waals surface area contributed by atoms with Crippen molar-refractivity contribution in [1.29, 1.82) is 0 Å². The summed E-state index contributed by atoms with van der Waals surface area (Å²) in [6, 6.07) is 5.82. The van der Waals surface area contributed by atoms with Crippen LogP contribution in [0.4, 0.5) is 0 Å². The number of hydrogen-bond donors (Lipinski definition) is 2. The van der Waals surface area contributed by atoms with Crippen molar-refractivity contribution >= 4 is 16.0 Å². The van der Waals surface area contributed by atoms with Crippen molar-refractivity contribution in [1.82, 2.24) is 19.5 Å². The lowest BCUT2D eigenvalue weighted by Crippen LogP contribution is -2.27. The maximum Gasteiger partial charge on any atom is 0.337 e. The van der Waals surface area contributed by atoms with Crippen LogP contribution >= 0.6 is 0 Å². The Labute approximate surface area is 145 Å². The summed E-state index contributed by atoms with van der Waals surface area (Å²) in [7, 11) is -3.45. The van der Waals surface area contributed by atoms with Crippen LogP contribution in [-0.4, -0.2) is 40.5 Å². The lowest BCUT2D eigenvalue weighted by Gasteiger charge is -2.14. The monoisotopic (exact) mass is 364 g/mol. The highest BCUT2D eigenvalue weighted by atomic mass is 32.2. The zero-order chi connectivity index (χ0) is 18.2. The number of aromatic nitrogens is 3. The van der Waals surface area contributed by atoms with E-state index in [4.69, 9.17) is 0 Å². The number of hydrogen-bond acceptors (Lipinski definition) is 5. The first-order valence-electron chi connectivity index (χ1n) is 8.00. The zero-order valence-electron chi connectivity index (χ0n) is 14.0. The molecule has 1 unspecified atom stereocenters. The van der Waals surface area contributed by atoms with Crippen LogP contribution in [0.25, 0.3) is 5.69 Å². The van der Waals surface area contributed by atoms with E-state index in [0.717, 1.165) is 19.1 Å². The Morgan fingerprint density at radius 3 is 2.68 bits per heavy atom. The number of rotatable bonds is 7. The Hall–Kier alpha value is -2.26. The molecule has 1 aliphatic carbocycles. The summed E-state index contributed by atoms with van der Waals surface area (Å²) >= 11 is 0. The Balaban J connectivity index is 2.07. The van der Waals surface area contributed by atoms with E-state index in [1.165, 1.54) is 10.7 Å². The van der Waals surface area contributed by atoms with Gasteiger partial charge in [0.15, 0.2) is 5.82 Å². The van der Waals surface area contributed by atoms with Gasteiger partial charge < -0.3 is 5.11 Å². The molecule has 0 spiro atoms. The summed E-state index contributed by atoms with van der Waals surface area (Å²) in [6.07, 6.45) is 4.04. The number of aromatic carboxylic acids is 1. The second-order valence-corrected chi connectivity index (χ2v) is 8.16. The molecule has 1 atom stereocenters. The zero-order valence-corrected chi connectivity index (χ0v) is 14.8. The van der Waals surface area contributed by atoms with Crippen LogP contribution in [0.2, 0.25) is 0 Å². The highest BCUT2D eigenvalue weighted by Gasteiger charge is 2.27. The molecule has 2 aromatic rings. The third kappa shape index (κ3) is 4.23. The average molecular weight is 364 g/mol. The second kappa shape index (κ2) is 6.57. The molecule has 0 saturated heterocycles. The number of sulfonamides is 1. The van der Waals surface area contributed by atoms with Crippen LogP contribution in [0.5, 0.6) is 0 Å². The van der Waals surface area contributed by atoms with Crippen molar-refractivity contribution in [3.63, 3.8) is 0 Å². The third-order valence-electron chi connectivity index (χ3n) is 3.99. The fourth-order valence-electron chi connectivity index (χ4n) is 2.71. The first-order chi connectivity index (χ1) is 11.7. The first kappa shape index (κ1) is 17.6. The van der Waals surface area contributed by atoms with Crippen molar-refractivity contribution in [2.24, 2.45) is 5.92 Å². The molecule has 0 bridgehead atoms. The molecule has 1 aliphatic rings. The van der Waals surface area contributed by atoms with Crippen LogP contribution < -0.4 is 4.72 Å². The fraction of sp³-hybridized carbons (Fsp3) is 0.438. The summed E-state index contributed by atoms with van der Waals surface area (Å²) in [4.78, 5) is 16.0. The molecule has 1 fully saturated rings. The van der Waals surface area contributed by atoms with Gasteiger partial charge in [-0.05, 0) is 37.8 Å². The molecule has 2 N–H and O–H groups in total. The second-order valence-electron chi connectivity index (χ2n) is 6.38. The van der Waals surface area contributed by atoms with Crippen LogP contribution in [0.15, 0.2) is 24.3 Å². The number of nitrogens with zero attached hydrogens (tertiary/aromatic N) is 3. The Morgan fingerprint density at radius 1 is 1.40 bits per heavy atom. The summed E-state index contributed by atoms with van der Waals surface area (Å²) in [5.41, 5.74) is 0.444. The van der Waals surface area contributed by atoms with Crippen LogP contribution in [-0.2, 0) is 16.4 Å². The van der Waals surface area contributed by atoms with E-state index in [-0.39, 0.29) is 5.56 Å². The maximum atomic E-state index is 11.6. The van der Waals surface area contributed by atoms with Gasteiger partial charge in [0.25, 0.3) is 0 Å². The molecular weight excluding hydrogens is 344 g/mol. The van der Waals surface area contributed by atoms with Gasteiger partial charge in [-0.1, -0.05) is 12.1 Å². The van der Waals surface area contributed by atoms with Crippen molar-refractivity contribution in [2.45, 2.75) is 32.2 Å². The number of nitrogens with one attached hydrogen (secondary N) is 1. The van der Waals surface area contributed by atoms with E-state index in [1.807, 2.05) is 0 Å². The Morgan fingerprint density at radius 2 is 2.08 bits per heavy atom. The maximum absolute atomic E-state index is 11.6. The van der Waals surface area contributed by atoms with E-state index < -0.39 is 22.0 Å². The summed E-state index contributed by atoms with van der Waals surface area (Å²) in [5, 5.41) is 13.9. The van der Waals surface area contributed by atoms with E-state index in [2.05, 4.69) is 14.8 Å². The summed E-state index contributed by atoms with van der Waals surface area (Å²) in [6.45, 7) is 1.66. The molecule has 1 aromatic carbocycles. The van der Waals surface area contributed by atoms with Gasteiger partial charge in [0.1, 0.15) is 5.82 Å². The van der Waals surface area contributed by atoms with Gasteiger partial charge in [0.05, 0.1) is 23.5 Å². The molecule has 3 rings (SSSR count). The summed E-state index contributed by atoms with van der Waals surface area (Å²) < 4.78 is 27.1. The Kier molecular flexibility index (Phi) is 4.61. The van der Waals surface area contributed by atoms with Gasteiger partial charge in [-0.3, -0.25) is 0 Å². The molecule has 1 aromatic heterocycles. The lowest BCUT2D eigenvalue weighted by atomic mass is 10.2. The van der Waals surface area contributed by atoms with Crippen LogP contribution in [0.1, 0.15) is 47.8 Å². The van der Waals surface area contributed by atoms with Gasteiger partial charge in [0.2, 0.25) is 10.0 Å². The third-order valence-corrected chi connectivity index (χ3v) is 4.77. The standard InChI is InChI=1S/C16H20N4O4S/c1-10(19-25(2,23)24)15-17-14(9-11-7-8-11)18-20(15)13-6-4-3-5-12(13)16(21)22/h3-6,10-11,19H,7-9H2,1-2H3,(H,21,22). The molecule has 0 aliphatic heterocycles. The SMILES string of the molecule is CC(NS(C)(=O)=O)c1nc(CC2CC2)nn1-c1ccccc1C(=O)O. The van der Waals surface area contributed by atoms with Gasteiger partial charge in [-0.25, -0.2) is 27.6 Å². The number of para-hydroxylation sites is 1. The average Bonchev–Trinajstić information content (AvgIpc) is 3.22. The lowest BCUT2D eigenvalue weighted by molar-refractivity contribution is 0.0696. The molecule has 8 nitrogen and oxygen atoms in total. The number of carboxylic acid groups (broad SMARTS) is 1. The van der Waals surface area contributed by atoms with Crippen molar-refractivity contribution in [3.8, 4) is 5.69 Å². The van der Waals surface area contributed by atoms with Crippen molar-refractivity contribution in [3.05, 3.63) is 41.5 Å². The predicted molar refractivity (Wildman–Crippen MR) is 91.1 cm³/mol. The quantitative estimate of drug-likeness (QED) is 0.770. The minimum atomic E-state index is -3.45. The molecule has 9 heteroatoms. The number of benzene rings is 1. The highest BCUT2D eigenvalue weighted by molar-refractivity contribution is 7.88. The smallest absolute Gasteiger partial charge is 0.337 e. The number of carbonyl (C=O) groups is 1. The van der Waals surface area contributed by atoms with Gasteiger partial charge >= 0.3 is 5.97 Å². The topological polar surface area (TPSA) is 114 Å². The molecule has 1 heterocycles. The van der Waals surface area contributed by atoms with E-state index in [0.29, 0.717) is 29.7 Å². The molecular formula is C16H20N4O4S. The van der Waals surface area contributed by atoms with Crippen LogP contribution in [0, 0.1) is 5.92 Å². The molecule has 0 amide bonds. The van der Waals surface area contributed by atoms with E-state index in [9.17, 15) is 18.3 Å². The van der Waals surface area contributed by atoms with Gasteiger partial charge in [-0.2, -0.15) is 5.10 Å². The molecule has 0 radical (unpaired) electrons. The first-order valence-corrected chi connectivity index (χ1v) is 9.89.